The summed E-state index contributed by atoms with van der Waals surface area (Å²) in [6.45, 7) is 7.76. The molecule has 3 aromatic rings. The van der Waals surface area contributed by atoms with Gasteiger partial charge in [-0.3, -0.25) is 4.79 Å². The minimum Gasteiger partial charge on any atom is -0.481 e. The fourth-order valence-corrected chi connectivity index (χ4v) is 3.56. The van der Waals surface area contributed by atoms with Crippen molar-refractivity contribution in [2.45, 2.75) is 33.8 Å². The highest BCUT2D eigenvalue weighted by atomic mass is 32.1. The van der Waals surface area contributed by atoms with Gasteiger partial charge in [0.2, 0.25) is 0 Å². The Labute approximate surface area is 163 Å². The minimum absolute atomic E-state index is 0.179. The molecular formula is C21H23N3O2S. The van der Waals surface area contributed by atoms with E-state index in [0.717, 1.165) is 28.1 Å². The van der Waals surface area contributed by atoms with Gasteiger partial charge in [-0.2, -0.15) is 0 Å². The van der Waals surface area contributed by atoms with Crippen molar-refractivity contribution in [2.24, 2.45) is 0 Å². The van der Waals surface area contributed by atoms with Crippen molar-refractivity contribution in [1.82, 2.24) is 4.98 Å². The molecule has 1 amide bonds. The summed E-state index contributed by atoms with van der Waals surface area (Å²) in [5.41, 5.74) is 11.6. The SMILES string of the molecule is Cc1cc(C)c(NC(=O)C(C)Oc2ccc(-c3csc(N)n3)cc2)c(C)c1. The maximum absolute atomic E-state index is 12.5. The van der Waals surface area contributed by atoms with E-state index in [0.29, 0.717) is 10.9 Å². The highest BCUT2D eigenvalue weighted by Crippen LogP contribution is 2.26. The molecular weight excluding hydrogens is 358 g/mol. The van der Waals surface area contributed by atoms with E-state index in [1.54, 1.807) is 6.92 Å². The number of ether oxygens (including phenoxy) is 1. The molecule has 0 bridgehead atoms. The first-order valence-corrected chi connectivity index (χ1v) is 9.58. The normalized spacial score (nSPS) is 11.9. The van der Waals surface area contributed by atoms with E-state index in [-0.39, 0.29) is 5.91 Å². The molecule has 0 saturated heterocycles. The lowest BCUT2D eigenvalue weighted by atomic mass is 10.0. The quantitative estimate of drug-likeness (QED) is 0.670. The number of aromatic nitrogens is 1. The van der Waals surface area contributed by atoms with Gasteiger partial charge in [0.25, 0.3) is 5.91 Å². The molecule has 140 valence electrons. The monoisotopic (exact) mass is 381 g/mol. The summed E-state index contributed by atoms with van der Waals surface area (Å²) in [7, 11) is 0. The molecule has 0 radical (unpaired) electrons. The second-order valence-electron chi connectivity index (χ2n) is 6.62. The van der Waals surface area contributed by atoms with Crippen LogP contribution in [-0.4, -0.2) is 17.0 Å². The molecule has 0 aliphatic rings. The number of nitrogens with one attached hydrogen (secondary N) is 1. The Morgan fingerprint density at radius 3 is 2.33 bits per heavy atom. The number of aryl methyl sites for hydroxylation is 3. The fraction of sp³-hybridized carbons (Fsp3) is 0.238. The van der Waals surface area contributed by atoms with E-state index in [2.05, 4.69) is 22.4 Å². The third kappa shape index (κ3) is 4.46. The first kappa shape index (κ1) is 18.9. The van der Waals surface area contributed by atoms with Crippen molar-refractivity contribution in [3.63, 3.8) is 0 Å². The van der Waals surface area contributed by atoms with Crippen molar-refractivity contribution in [2.75, 3.05) is 11.1 Å². The molecule has 0 aliphatic heterocycles. The van der Waals surface area contributed by atoms with Crippen LogP contribution >= 0.6 is 11.3 Å². The van der Waals surface area contributed by atoms with Gasteiger partial charge >= 0.3 is 0 Å². The van der Waals surface area contributed by atoms with Crippen LogP contribution in [0.5, 0.6) is 5.75 Å². The average molecular weight is 382 g/mol. The minimum atomic E-state index is -0.620. The van der Waals surface area contributed by atoms with Crippen LogP contribution in [0.4, 0.5) is 10.8 Å². The first-order valence-electron chi connectivity index (χ1n) is 8.70. The van der Waals surface area contributed by atoms with E-state index >= 15 is 0 Å². The second kappa shape index (κ2) is 7.80. The lowest BCUT2D eigenvalue weighted by Gasteiger charge is -2.17. The van der Waals surface area contributed by atoms with Crippen molar-refractivity contribution in [3.8, 4) is 17.0 Å². The summed E-state index contributed by atoms with van der Waals surface area (Å²) in [6, 6.07) is 11.6. The molecule has 1 heterocycles. The van der Waals surface area contributed by atoms with Gasteiger partial charge in [0.15, 0.2) is 11.2 Å². The topological polar surface area (TPSA) is 77.2 Å². The molecule has 2 aromatic carbocycles. The van der Waals surface area contributed by atoms with Crippen LogP contribution in [0, 0.1) is 20.8 Å². The zero-order chi connectivity index (χ0) is 19.6. The standard InChI is InChI=1S/C21H23N3O2S/c1-12-9-13(2)19(14(3)10-12)24-20(25)15(4)26-17-7-5-16(6-8-17)18-11-27-21(22)23-18/h5-11,15H,1-4H3,(H2,22,23)(H,24,25). The van der Waals surface area contributed by atoms with Crippen LogP contribution in [0.2, 0.25) is 0 Å². The Hall–Kier alpha value is -2.86. The second-order valence-corrected chi connectivity index (χ2v) is 7.51. The van der Waals surface area contributed by atoms with Gasteiger partial charge in [0.1, 0.15) is 5.75 Å². The Kier molecular flexibility index (Phi) is 5.46. The molecule has 1 atom stereocenters. The maximum Gasteiger partial charge on any atom is 0.265 e. The number of carbonyl (C=O) groups is 1. The van der Waals surface area contributed by atoms with Gasteiger partial charge in [-0.25, -0.2) is 4.98 Å². The highest BCUT2D eigenvalue weighted by Gasteiger charge is 2.17. The molecule has 3 N–H and O–H groups in total. The Morgan fingerprint density at radius 2 is 1.78 bits per heavy atom. The highest BCUT2D eigenvalue weighted by molar-refractivity contribution is 7.13. The smallest absolute Gasteiger partial charge is 0.265 e. The maximum atomic E-state index is 12.5. The van der Waals surface area contributed by atoms with Crippen molar-refractivity contribution >= 4 is 28.1 Å². The lowest BCUT2D eigenvalue weighted by Crippen LogP contribution is -2.30. The Morgan fingerprint density at radius 1 is 1.15 bits per heavy atom. The van der Waals surface area contributed by atoms with Gasteiger partial charge in [-0.05, 0) is 63.1 Å². The number of carbonyl (C=O) groups excluding carboxylic acids is 1. The summed E-state index contributed by atoms with van der Waals surface area (Å²) in [5.74, 6) is 0.448. The summed E-state index contributed by atoms with van der Waals surface area (Å²) >= 11 is 1.40. The van der Waals surface area contributed by atoms with Crippen LogP contribution < -0.4 is 15.8 Å². The summed E-state index contributed by atoms with van der Waals surface area (Å²) in [6.07, 6.45) is -0.620. The molecule has 0 aliphatic carbocycles. The summed E-state index contributed by atoms with van der Waals surface area (Å²) in [4.78, 5) is 16.8. The number of benzene rings is 2. The molecule has 1 aromatic heterocycles. The van der Waals surface area contributed by atoms with Gasteiger partial charge in [-0.15, -0.1) is 11.3 Å². The van der Waals surface area contributed by atoms with Crippen LogP contribution in [0.15, 0.2) is 41.8 Å². The number of rotatable bonds is 5. The molecule has 3 rings (SSSR count). The average Bonchev–Trinajstić information content (AvgIpc) is 3.05. The third-order valence-electron chi connectivity index (χ3n) is 4.28. The number of anilines is 2. The van der Waals surface area contributed by atoms with Crippen LogP contribution in [0.25, 0.3) is 11.3 Å². The summed E-state index contributed by atoms with van der Waals surface area (Å²) < 4.78 is 5.79. The van der Waals surface area contributed by atoms with Crippen LogP contribution in [0.3, 0.4) is 0 Å². The molecule has 5 nitrogen and oxygen atoms in total. The number of hydrogen-bond acceptors (Lipinski definition) is 5. The Balaban J connectivity index is 1.66. The molecule has 0 spiro atoms. The number of hydrogen-bond donors (Lipinski definition) is 2. The van der Waals surface area contributed by atoms with Gasteiger partial charge in [-0.1, -0.05) is 17.7 Å². The zero-order valence-corrected chi connectivity index (χ0v) is 16.7. The van der Waals surface area contributed by atoms with Crippen molar-refractivity contribution < 1.29 is 9.53 Å². The number of thiazole rings is 1. The molecule has 1 unspecified atom stereocenters. The molecule has 0 fully saturated rings. The van der Waals surface area contributed by atoms with Gasteiger partial charge in [0, 0.05) is 16.6 Å². The van der Waals surface area contributed by atoms with Crippen LogP contribution in [0.1, 0.15) is 23.6 Å². The molecule has 6 heteroatoms. The molecule has 27 heavy (non-hydrogen) atoms. The number of nitrogens with zero attached hydrogens (tertiary/aromatic N) is 1. The largest absolute Gasteiger partial charge is 0.481 e. The van der Waals surface area contributed by atoms with Crippen molar-refractivity contribution in [3.05, 3.63) is 58.5 Å². The van der Waals surface area contributed by atoms with E-state index in [1.807, 2.05) is 50.4 Å². The number of amides is 1. The van der Waals surface area contributed by atoms with E-state index in [9.17, 15) is 4.79 Å². The van der Waals surface area contributed by atoms with E-state index in [4.69, 9.17) is 10.5 Å². The number of nitrogen functional groups attached to an aromatic ring is 1. The van der Waals surface area contributed by atoms with E-state index < -0.39 is 6.10 Å². The number of nitrogens with two attached hydrogens (primary N) is 1. The lowest BCUT2D eigenvalue weighted by molar-refractivity contribution is -0.122. The zero-order valence-electron chi connectivity index (χ0n) is 15.9. The Bertz CT molecular complexity index is 941. The first-order chi connectivity index (χ1) is 12.8. The van der Waals surface area contributed by atoms with Gasteiger partial charge in [0.05, 0.1) is 5.69 Å². The molecule has 0 saturated carbocycles. The van der Waals surface area contributed by atoms with E-state index in [1.165, 1.54) is 16.9 Å². The predicted molar refractivity (Wildman–Crippen MR) is 111 cm³/mol. The van der Waals surface area contributed by atoms with Crippen LogP contribution in [-0.2, 0) is 4.79 Å². The van der Waals surface area contributed by atoms with Crippen molar-refractivity contribution in [1.29, 1.82) is 0 Å². The predicted octanol–water partition coefficient (Wildman–Crippen LogP) is 4.72. The third-order valence-corrected chi connectivity index (χ3v) is 4.95. The van der Waals surface area contributed by atoms with Gasteiger partial charge < -0.3 is 15.8 Å². The summed E-state index contributed by atoms with van der Waals surface area (Å²) in [5, 5.41) is 5.43. The fourth-order valence-electron chi connectivity index (χ4n) is 2.98.